The van der Waals surface area contributed by atoms with Gasteiger partial charge in [0.15, 0.2) is 28.8 Å². The van der Waals surface area contributed by atoms with E-state index in [1.165, 1.54) is 67.0 Å². The number of nitrogens with one attached hydrogen (secondary N) is 1. The van der Waals surface area contributed by atoms with E-state index in [0.29, 0.717) is 51.0 Å². The standard InChI is InChI=1S/C20H16FN9O.C17H13ClFN7O.C3H4N2.CH4/c1-28-11-12(5-6-16(28)31)17-18(29-9-3-8-24-29)26-20(22)30-19(17)25-15(27-30)10-14-13(21)4-2-7-23-14;1-25-8-9(4-5-13(25)27)14-15(18)23-17(20)26-16(14)22-12(24-26)7-11-10(19)3-2-6-21-11;1-2-4-5-3-1;/h2-9,11H,10H2,1H3,(H2,22,26);2-6,8H,7H2,1H3,(H2,20,23);1-3H,(H,4,5);1H4. The maximum absolute atomic E-state index is 14.1. The number of pyridine rings is 4. The van der Waals surface area contributed by atoms with Gasteiger partial charge in [0.05, 0.1) is 35.4 Å². The van der Waals surface area contributed by atoms with Gasteiger partial charge >= 0.3 is 0 Å². The van der Waals surface area contributed by atoms with E-state index in [9.17, 15) is 18.4 Å². The first kappa shape index (κ1) is 43.6. The smallest absolute Gasteiger partial charge is 0.250 e. The van der Waals surface area contributed by atoms with E-state index in [4.69, 9.17) is 23.1 Å². The molecule has 64 heavy (non-hydrogen) atoms. The lowest BCUT2D eigenvalue weighted by Gasteiger charge is -2.12. The highest BCUT2D eigenvalue weighted by Crippen LogP contribution is 2.32. The van der Waals surface area contributed by atoms with Gasteiger partial charge < -0.3 is 20.6 Å². The van der Waals surface area contributed by atoms with Crippen molar-refractivity contribution in [2.75, 3.05) is 11.5 Å². The first-order valence-electron chi connectivity index (χ1n) is 18.7. The van der Waals surface area contributed by atoms with Gasteiger partial charge in [-0.05, 0) is 48.5 Å². The number of hydrogen-bond acceptors (Lipinski definition) is 14. The Labute approximate surface area is 365 Å². The average molecular weight is 887 g/mol. The van der Waals surface area contributed by atoms with E-state index < -0.39 is 11.6 Å². The second kappa shape index (κ2) is 18.6. The Morgan fingerprint density at radius 1 is 0.672 bits per heavy atom. The van der Waals surface area contributed by atoms with Crippen LogP contribution >= 0.6 is 11.6 Å². The van der Waals surface area contributed by atoms with Crippen LogP contribution in [0.15, 0.2) is 120 Å². The van der Waals surface area contributed by atoms with E-state index >= 15 is 0 Å². The molecule has 0 fully saturated rings. The molecule has 0 bridgehead atoms. The van der Waals surface area contributed by atoms with Crippen molar-refractivity contribution in [3.05, 3.63) is 171 Å². The fourth-order valence-electron chi connectivity index (χ4n) is 6.27. The van der Waals surface area contributed by atoms with Crippen molar-refractivity contribution in [3.8, 4) is 28.1 Å². The summed E-state index contributed by atoms with van der Waals surface area (Å²) in [6.07, 6.45) is 13.3. The lowest BCUT2D eigenvalue weighted by atomic mass is 10.1. The molecule has 0 aliphatic heterocycles. The van der Waals surface area contributed by atoms with Crippen molar-refractivity contribution in [1.82, 2.24) is 78.2 Å². The molecule has 0 spiro atoms. The Hall–Kier alpha value is -8.53. The molecule has 5 N–H and O–H groups in total. The summed E-state index contributed by atoms with van der Waals surface area (Å²) < 4.78 is 35.1. The van der Waals surface area contributed by atoms with Crippen LogP contribution in [0.4, 0.5) is 20.7 Å². The molecule has 10 rings (SSSR count). The van der Waals surface area contributed by atoms with Gasteiger partial charge in [-0.2, -0.15) is 24.2 Å². The lowest BCUT2D eigenvalue weighted by molar-refractivity contribution is 0.601. The van der Waals surface area contributed by atoms with E-state index in [0.717, 1.165) is 0 Å². The van der Waals surface area contributed by atoms with Gasteiger partial charge in [-0.3, -0.25) is 24.7 Å². The van der Waals surface area contributed by atoms with E-state index in [1.54, 1.807) is 74.2 Å². The zero-order valence-electron chi connectivity index (χ0n) is 33.1. The number of fused-ring (bicyclic) bond motifs is 2. The molecule has 23 heteroatoms. The third-order valence-corrected chi connectivity index (χ3v) is 9.52. The number of nitrogen functional groups attached to an aromatic ring is 2. The summed E-state index contributed by atoms with van der Waals surface area (Å²) in [5, 5.41) is 19.3. The Balaban J connectivity index is 0.000000171. The predicted molar refractivity (Wildman–Crippen MR) is 233 cm³/mol. The van der Waals surface area contributed by atoms with Gasteiger partial charge in [-0.25, -0.2) is 28.4 Å². The maximum Gasteiger partial charge on any atom is 0.250 e. The molecule has 10 aromatic heterocycles. The molecule has 0 unspecified atom stereocenters. The topological polar surface area (TPSA) is 254 Å². The zero-order chi connectivity index (χ0) is 44.2. The third-order valence-electron chi connectivity index (χ3n) is 9.24. The lowest BCUT2D eigenvalue weighted by Crippen LogP contribution is -2.15. The number of H-pyrrole nitrogens is 1. The number of anilines is 2. The molecule has 10 aromatic rings. The van der Waals surface area contributed by atoms with Gasteiger partial charge in [0.25, 0.3) is 0 Å². The minimum Gasteiger partial charge on any atom is -0.368 e. The summed E-state index contributed by atoms with van der Waals surface area (Å²) in [5.74, 6) is 0.320. The largest absolute Gasteiger partial charge is 0.368 e. The molecular weight excluding hydrogens is 850 g/mol. The highest BCUT2D eigenvalue weighted by Gasteiger charge is 2.22. The number of nitrogens with zero attached hydrogens (tertiary/aromatic N) is 15. The Morgan fingerprint density at radius 3 is 1.69 bits per heavy atom. The molecule has 20 nitrogen and oxygen atoms in total. The predicted octanol–water partition coefficient (Wildman–Crippen LogP) is 4.28. The number of aryl methyl sites for hydroxylation is 2. The monoisotopic (exact) mass is 886 g/mol. The maximum atomic E-state index is 14.1. The van der Waals surface area contributed by atoms with Crippen molar-refractivity contribution in [3.63, 3.8) is 0 Å². The van der Waals surface area contributed by atoms with Crippen LogP contribution in [0.3, 0.4) is 0 Å². The molecule has 0 atom stereocenters. The molecular formula is C41H37ClF2N18O2. The highest BCUT2D eigenvalue weighted by atomic mass is 35.5. The van der Waals surface area contributed by atoms with Crippen molar-refractivity contribution in [2.24, 2.45) is 14.1 Å². The van der Waals surface area contributed by atoms with Crippen LogP contribution in [-0.2, 0) is 26.9 Å². The average Bonchev–Trinajstić information content (AvgIpc) is 4.12. The van der Waals surface area contributed by atoms with Crippen molar-refractivity contribution in [2.45, 2.75) is 20.3 Å². The molecule has 0 radical (unpaired) electrons. The fourth-order valence-corrected chi connectivity index (χ4v) is 6.55. The molecule has 0 amide bonds. The van der Waals surface area contributed by atoms with Gasteiger partial charge in [0, 0.05) is 86.9 Å². The molecule has 324 valence electrons. The summed E-state index contributed by atoms with van der Waals surface area (Å²) in [4.78, 5) is 49.3. The number of halogens is 3. The molecule has 0 aromatic carbocycles. The summed E-state index contributed by atoms with van der Waals surface area (Å²) in [7, 11) is 3.28. The highest BCUT2D eigenvalue weighted by molar-refractivity contribution is 6.33. The minimum absolute atomic E-state index is 0. The zero-order valence-corrected chi connectivity index (χ0v) is 33.9. The van der Waals surface area contributed by atoms with E-state index in [2.05, 4.69) is 55.4 Å². The molecule has 0 aliphatic carbocycles. The van der Waals surface area contributed by atoms with Crippen LogP contribution < -0.4 is 22.6 Å². The quantitative estimate of drug-likeness (QED) is 0.189. The summed E-state index contributed by atoms with van der Waals surface area (Å²) in [5.41, 5.74) is 15.3. The van der Waals surface area contributed by atoms with Gasteiger partial charge in [0.2, 0.25) is 23.0 Å². The van der Waals surface area contributed by atoms with Gasteiger partial charge in [-0.15, -0.1) is 10.2 Å². The minimum atomic E-state index is -0.446. The first-order chi connectivity index (χ1) is 30.4. The van der Waals surface area contributed by atoms with E-state index in [-0.39, 0.29) is 59.8 Å². The van der Waals surface area contributed by atoms with E-state index in [1.807, 2.05) is 6.07 Å². The number of hydrogen-bond donors (Lipinski definition) is 3. The van der Waals surface area contributed by atoms with Crippen LogP contribution in [0.1, 0.15) is 30.5 Å². The Bertz CT molecular complexity index is 3330. The van der Waals surface area contributed by atoms with Gasteiger partial charge in [-0.1, -0.05) is 19.0 Å². The molecule has 0 saturated carbocycles. The van der Waals surface area contributed by atoms with Crippen molar-refractivity contribution >= 4 is 34.8 Å². The first-order valence-corrected chi connectivity index (χ1v) is 19.1. The molecule has 0 aliphatic rings. The number of aromatic amines is 1. The SMILES string of the molecule is C.Cn1cc(-c2c(-n3cccn3)nc(N)n3nc(Cc4ncccc4F)nc23)ccc1=O.Cn1cc(-c2c(Cl)nc(N)n3nc(Cc4ncccc4F)nc23)ccc1=O.c1cn[nH]c1. The third kappa shape index (κ3) is 9.06. The van der Waals surface area contributed by atoms with Crippen molar-refractivity contribution in [1.29, 1.82) is 0 Å². The Morgan fingerprint density at radius 2 is 1.22 bits per heavy atom. The van der Waals surface area contributed by atoms with Crippen LogP contribution in [0.2, 0.25) is 5.15 Å². The van der Waals surface area contributed by atoms with Crippen LogP contribution in [0, 0.1) is 11.6 Å². The van der Waals surface area contributed by atoms with Crippen LogP contribution in [0.5, 0.6) is 0 Å². The number of rotatable bonds is 7. The fraction of sp³-hybridized carbons (Fsp3) is 0.122. The second-order valence-corrected chi connectivity index (χ2v) is 13.9. The van der Waals surface area contributed by atoms with Crippen LogP contribution in [-0.4, -0.2) is 78.2 Å². The summed E-state index contributed by atoms with van der Waals surface area (Å²) in [6.45, 7) is 0. The molecule has 0 saturated heterocycles. The second-order valence-electron chi connectivity index (χ2n) is 13.5. The summed E-state index contributed by atoms with van der Waals surface area (Å²) in [6, 6.07) is 15.4. The molecule has 10 heterocycles. The van der Waals surface area contributed by atoms with Gasteiger partial charge in [0.1, 0.15) is 16.8 Å². The van der Waals surface area contributed by atoms with Crippen LogP contribution in [0.25, 0.3) is 39.4 Å². The Kier molecular flexibility index (Phi) is 12.7. The van der Waals surface area contributed by atoms with Crippen molar-refractivity contribution < 1.29 is 8.78 Å². The number of aromatic nitrogens is 16. The number of nitrogens with two attached hydrogens (primary N) is 2. The normalized spacial score (nSPS) is 10.8. The summed E-state index contributed by atoms with van der Waals surface area (Å²) >= 11 is 6.30.